The first-order valence-corrected chi connectivity index (χ1v) is 9.95. The Bertz CT molecular complexity index is 677. The molecule has 1 aromatic carbocycles. The first-order chi connectivity index (χ1) is 12.3. The summed E-state index contributed by atoms with van der Waals surface area (Å²) in [4.78, 5) is 19.0. The number of nitrogens with two attached hydrogens (primary N) is 1. The fourth-order valence-corrected chi connectivity index (χ4v) is 3.89. The van der Waals surface area contributed by atoms with Crippen molar-refractivity contribution in [1.82, 2.24) is 4.98 Å². The molecule has 1 amide bonds. The molecule has 3 rings (SSSR count). The maximum absolute atomic E-state index is 11.9. The van der Waals surface area contributed by atoms with E-state index in [9.17, 15) is 4.79 Å². The minimum atomic E-state index is 0.0646. The number of thiazole rings is 1. The lowest BCUT2D eigenvalue weighted by Gasteiger charge is -2.12. The van der Waals surface area contributed by atoms with Crippen LogP contribution in [-0.4, -0.2) is 30.5 Å². The molecule has 6 heteroatoms. The number of rotatable bonds is 8. The summed E-state index contributed by atoms with van der Waals surface area (Å²) >= 11 is 1.71. The summed E-state index contributed by atoms with van der Waals surface area (Å²) in [7, 11) is 0. The van der Waals surface area contributed by atoms with Gasteiger partial charge >= 0.3 is 0 Å². The smallest absolute Gasteiger partial charge is 0.224 e. The number of nitrogens with one attached hydrogen (secondary N) is 1. The number of carbonyl (C=O) groups excluding carboxylic acids is 1. The lowest BCUT2D eigenvalue weighted by atomic mass is 10.1. The second-order valence-corrected chi connectivity index (χ2v) is 7.27. The van der Waals surface area contributed by atoms with Gasteiger partial charge in [0.25, 0.3) is 0 Å². The Hall–Kier alpha value is -1.92. The van der Waals surface area contributed by atoms with E-state index in [-0.39, 0.29) is 5.91 Å². The van der Waals surface area contributed by atoms with Crippen molar-refractivity contribution in [2.24, 2.45) is 5.73 Å². The van der Waals surface area contributed by atoms with Crippen LogP contribution in [0.2, 0.25) is 0 Å². The number of anilines is 2. The van der Waals surface area contributed by atoms with Crippen LogP contribution in [0.5, 0.6) is 0 Å². The third kappa shape index (κ3) is 5.03. The van der Waals surface area contributed by atoms with Gasteiger partial charge < -0.3 is 16.0 Å². The van der Waals surface area contributed by atoms with Crippen LogP contribution in [0.3, 0.4) is 0 Å². The van der Waals surface area contributed by atoms with Crippen LogP contribution in [-0.2, 0) is 4.79 Å². The predicted molar refractivity (Wildman–Crippen MR) is 105 cm³/mol. The van der Waals surface area contributed by atoms with Gasteiger partial charge in [-0.1, -0.05) is 18.6 Å². The van der Waals surface area contributed by atoms with Crippen molar-refractivity contribution in [3.05, 3.63) is 29.6 Å². The molecule has 2 heterocycles. The molecule has 1 aliphatic rings. The van der Waals surface area contributed by atoms with Crippen molar-refractivity contribution in [2.75, 3.05) is 29.9 Å². The molecule has 0 spiro atoms. The first kappa shape index (κ1) is 17.9. The molecule has 0 bridgehead atoms. The predicted octanol–water partition coefficient (Wildman–Crippen LogP) is 3.87. The van der Waals surface area contributed by atoms with Crippen molar-refractivity contribution >= 4 is 28.1 Å². The lowest BCUT2D eigenvalue weighted by molar-refractivity contribution is -0.116. The van der Waals surface area contributed by atoms with Crippen molar-refractivity contribution in [1.29, 1.82) is 0 Å². The zero-order valence-corrected chi connectivity index (χ0v) is 15.4. The maximum Gasteiger partial charge on any atom is 0.224 e. The number of carbonyl (C=O) groups is 1. The summed E-state index contributed by atoms with van der Waals surface area (Å²) in [5.41, 5.74) is 8.39. The molecule has 0 unspecified atom stereocenters. The van der Waals surface area contributed by atoms with Gasteiger partial charge in [0.2, 0.25) is 5.91 Å². The molecule has 3 N–H and O–H groups in total. The van der Waals surface area contributed by atoms with Crippen molar-refractivity contribution < 1.29 is 4.79 Å². The minimum absolute atomic E-state index is 0.0646. The molecule has 2 aromatic rings. The highest BCUT2D eigenvalue weighted by atomic mass is 32.1. The Labute approximate surface area is 153 Å². The van der Waals surface area contributed by atoms with Crippen molar-refractivity contribution in [2.45, 2.75) is 38.5 Å². The number of amides is 1. The molecule has 1 aliphatic heterocycles. The molecule has 0 radical (unpaired) electrons. The summed E-state index contributed by atoms with van der Waals surface area (Å²) in [5, 5.41) is 6.17. The van der Waals surface area contributed by atoms with Gasteiger partial charge in [0, 0.05) is 36.1 Å². The molecule has 134 valence electrons. The molecule has 0 aliphatic carbocycles. The maximum atomic E-state index is 11.9. The van der Waals surface area contributed by atoms with Gasteiger partial charge in [-0.3, -0.25) is 4.79 Å². The summed E-state index contributed by atoms with van der Waals surface area (Å²) < 4.78 is 0. The number of aromatic nitrogens is 1. The Balaban J connectivity index is 1.54. The van der Waals surface area contributed by atoms with Gasteiger partial charge in [-0.2, -0.15) is 0 Å². The van der Waals surface area contributed by atoms with E-state index < -0.39 is 0 Å². The SMILES string of the molecule is NCCCCCC(=O)Nc1ccc(-c2csc(N3CCCC3)n2)cc1. The van der Waals surface area contributed by atoms with Gasteiger partial charge in [0.15, 0.2) is 5.13 Å². The first-order valence-electron chi connectivity index (χ1n) is 9.07. The van der Waals surface area contributed by atoms with Crippen molar-refractivity contribution in [3.8, 4) is 11.3 Å². The Morgan fingerprint density at radius 2 is 1.92 bits per heavy atom. The van der Waals surface area contributed by atoms with E-state index in [4.69, 9.17) is 10.7 Å². The zero-order valence-electron chi connectivity index (χ0n) is 14.5. The monoisotopic (exact) mass is 358 g/mol. The fraction of sp³-hybridized carbons (Fsp3) is 0.474. The van der Waals surface area contributed by atoms with Crippen LogP contribution in [0, 0.1) is 0 Å². The Morgan fingerprint density at radius 3 is 2.64 bits per heavy atom. The highest BCUT2D eigenvalue weighted by Crippen LogP contribution is 2.30. The van der Waals surface area contributed by atoms with E-state index in [1.54, 1.807) is 11.3 Å². The van der Waals surface area contributed by atoms with E-state index in [0.29, 0.717) is 13.0 Å². The molecule has 1 saturated heterocycles. The molecule has 1 aromatic heterocycles. The van der Waals surface area contributed by atoms with E-state index in [0.717, 1.165) is 54.4 Å². The van der Waals surface area contributed by atoms with Gasteiger partial charge in [0.1, 0.15) is 0 Å². The quantitative estimate of drug-likeness (QED) is 0.703. The third-order valence-corrected chi connectivity index (χ3v) is 5.34. The van der Waals surface area contributed by atoms with E-state index in [1.165, 1.54) is 12.8 Å². The molecule has 5 nitrogen and oxygen atoms in total. The Kier molecular flexibility index (Phi) is 6.42. The second kappa shape index (κ2) is 8.97. The molecule has 0 saturated carbocycles. The standard InChI is InChI=1S/C19H26N4OS/c20-11-3-1-2-6-18(24)21-16-9-7-15(8-10-16)17-14-25-19(22-17)23-12-4-5-13-23/h7-10,14H,1-6,11-13,20H2,(H,21,24). The number of nitrogens with zero attached hydrogens (tertiary/aromatic N) is 2. The van der Waals surface area contributed by atoms with Gasteiger partial charge in [0.05, 0.1) is 5.69 Å². The number of unbranched alkanes of at least 4 members (excludes halogenated alkanes) is 2. The van der Waals surface area contributed by atoms with Gasteiger partial charge in [-0.05, 0) is 44.4 Å². The van der Waals surface area contributed by atoms with E-state index >= 15 is 0 Å². The largest absolute Gasteiger partial charge is 0.348 e. The summed E-state index contributed by atoms with van der Waals surface area (Å²) in [5.74, 6) is 0.0646. The van der Waals surface area contributed by atoms with E-state index in [2.05, 4.69) is 15.6 Å². The minimum Gasteiger partial charge on any atom is -0.348 e. The van der Waals surface area contributed by atoms with Crippen LogP contribution in [0.25, 0.3) is 11.3 Å². The topological polar surface area (TPSA) is 71.2 Å². The average molecular weight is 359 g/mol. The fourth-order valence-electron chi connectivity index (χ4n) is 3.01. The summed E-state index contributed by atoms with van der Waals surface area (Å²) in [6.07, 6.45) is 5.94. The van der Waals surface area contributed by atoms with Gasteiger partial charge in [-0.25, -0.2) is 4.98 Å². The van der Waals surface area contributed by atoms with Crippen LogP contribution < -0.4 is 16.0 Å². The van der Waals surface area contributed by atoms with Gasteiger partial charge in [-0.15, -0.1) is 11.3 Å². The highest BCUT2D eigenvalue weighted by molar-refractivity contribution is 7.14. The molecular formula is C19H26N4OS. The normalized spacial score (nSPS) is 14.0. The second-order valence-electron chi connectivity index (χ2n) is 6.43. The summed E-state index contributed by atoms with van der Waals surface area (Å²) in [6.45, 7) is 2.92. The zero-order chi connectivity index (χ0) is 17.5. The number of hydrogen-bond donors (Lipinski definition) is 2. The van der Waals surface area contributed by atoms with Crippen molar-refractivity contribution in [3.63, 3.8) is 0 Å². The van der Waals surface area contributed by atoms with Crippen LogP contribution in [0.15, 0.2) is 29.6 Å². The number of benzene rings is 1. The summed E-state index contributed by atoms with van der Waals surface area (Å²) in [6, 6.07) is 7.93. The van der Waals surface area contributed by atoms with Crippen LogP contribution in [0.1, 0.15) is 38.5 Å². The van der Waals surface area contributed by atoms with Crippen LogP contribution >= 0.6 is 11.3 Å². The Morgan fingerprint density at radius 1 is 1.16 bits per heavy atom. The molecule has 1 fully saturated rings. The number of hydrogen-bond acceptors (Lipinski definition) is 5. The lowest BCUT2D eigenvalue weighted by Crippen LogP contribution is -2.17. The van der Waals surface area contributed by atoms with Crippen LogP contribution in [0.4, 0.5) is 10.8 Å². The van der Waals surface area contributed by atoms with E-state index in [1.807, 2.05) is 24.3 Å². The highest BCUT2D eigenvalue weighted by Gasteiger charge is 2.16. The molecular weight excluding hydrogens is 332 g/mol. The third-order valence-electron chi connectivity index (χ3n) is 4.44. The molecule has 25 heavy (non-hydrogen) atoms. The molecule has 0 atom stereocenters. The average Bonchev–Trinajstić information content (AvgIpc) is 3.30.